The second-order valence-corrected chi connectivity index (χ2v) is 6.10. The molecule has 0 radical (unpaired) electrons. The molecule has 0 aliphatic carbocycles. The van der Waals surface area contributed by atoms with Gasteiger partial charge in [0.15, 0.2) is 5.69 Å². The fraction of sp³-hybridized carbons (Fsp3) is 0.150. The zero-order valence-corrected chi connectivity index (χ0v) is 15.6. The molecule has 0 aliphatic heterocycles. The largest absolute Gasteiger partial charge is 0.435 e. The topological polar surface area (TPSA) is 68.5 Å². The van der Waals surface area contributed by atoms with Crippen LogP contribution in [0.2, 0.25) is 0 Å². The first-order chi connectivity index (χ1) is 13.8. The van der Waals surface area contributed by atoms with Gasteiger partial charge >= 0.3 is 6.18 Å². The predicted molar refractivity (Wildman–Crippen MR) is 103 cm³/mol. The highest BCUT2D eigenvalue weighted by molar-refractivity contribution is 6.07. The van der Waals surface area contributed by atoms with Gasteiger partial charge in [-0.3, -0.25) is 9.48 Å². The van der Waals surface area contributed by atoms with E-state index < -0.39 is 23.3 Å². The minimum Gasteiger partial charge on any atom is -0.399 e. The van der Waals surface area contributed by atoms with Crippen molar-refractivity contribution in [3.05, 3.63) is 71.5 Å². The molecule has 150 valence electrons. The van der Waals surface area contributed by atoms with Crippen LogP contribution in [0, 0.1) is 0 Å². The van der Waals surface area contributed by atoms with Crippen LogP contribution in [0.1, 0.15) is 21.6 Å². The standard InChI is InChI=1S/C20H17F3N4O2/c1-27-12-16(18(26-27)20(21,22)23)19(28)25-17-6-4-3-5-15(17)14-9-7-13(8-10-14)11-24-29-2/h3-12H,1-2H3,(H,25,28)/b24-11+. The number of anilines is 1. The van der Waals surface area contributed by atoms with Crippen molar-refractivity contribution in [3.63, 3.8) is 0 Å². The molecule has 1 N–H and O–H groups in total. The third-order valence-corrected chi connectivity index (χ3v) is 4.05. The van der Waals surface area contributed by atoms with Gasteiger partial charge in [0.05, 0.1) is 11.8 Å². The molecule has 0 bridgehead atoms. The lowest BCUT2D eigenvalue weighted by Gasteiger charge is -2.12. The van der Waals surface area contributed by atoms with E-state index in [9.17, 15) is 18.0 Å². The van der Waals surface area contributed by atoms with E-state index in [2.05, 4.69) is 20.4 Å². The van der Waals surface area contributed by atoms with E-state index in [0.717, 1.165) is 22.0 Å². The Hall–Kier alpha value is -3.62. The summed E-state index contributed by atoms with van der Waals surface area (Å²) in [6.45, 7) is 0. The number of nitrogens with one attached hydrogen (secondary N) is 1. The van der Waals surface area contributed by atoms with Gasteiger partial charge in [-0.05, 0) is 17.2 Å². The molecule has 0 aliphatic rings. The molecule has 0 unspecified atom stereocenters. The van der Waals surface area contributed by atoms with Crippen molar-refractivity contribution in [1.29, 1.82) is 0 Å². The number of para-hydroxylation sites is 1. The Morgan fingerprint density at radius 1 is 1.17 bits per heavy atom. The van der Waals surface area contributed by atoms with Gasteiger partial charge in [-0.25, -0.2) is 0 Å². The van der Waals surface area contributed by atoms with Crippen molar-refractivity contribution < 1.29 is 22.8 Å². The quantitative estimate of drug-likeness (QED) is 0.510. The van der Waals surface area contributed by atoms with E-state index >= 15 is 0 Å². The first-order valence-electron chi connectivity index (χ1n) is 8.48. The molecule has 6 nitrogen and oxygen atoms in total. The summed E-state index contributed by atoms with van der Waals surface area (Å²) in [5.41, 5.74) is 0.860. The maximum atomic E-state index is 13.2. The summed E-state index contributed by atoms with van der Waals surface area (Å²) >= 11 is 0. The fourth-order valence-corrected chi connectivity index (χ4v) is 2.76. The Morgan fingerprint density at radius 3 is 2.52 bits per heavy atom. The first kappa shape index (κ1) is 20.1. The smallest absolute Gasteiger partial charge is 0.399 e. The fourth-order valence-electron chi connectivity index (χ4n) is 2.76. The first-order valence-corrected chi connectivity index (χ1v) is 8.48. The molecule has 1 aromatic heterocycles. The second-order valence-electron chi connectivity index (χ2n) is 6.10. The molecule has 29 heavy (non-hydrogen) atoms. The van der Waals surface area contributed by atoms with Crippen molar-refractivity contribution in [2.45, 2.75) is 6.18 Å². The monoisotopic (exact) mass is 402 g/mol. The average Bonchev–Trinajstić information content (AvgIpc) is 3.10. The number of nitrogens with zero attached hydrogens (tertiary/aromatic N) is 3. The van der Waals surface area contributed by atoms with E-state index in [0.29, 0.717) is 11.3 Å². The predicted octanol–water partition coefficient (Wildman–Crippen LogP) is 4.34. The average molecular weight is 402 g/mol. The van der Waals surface area contributed by atoms with Crippen molar-refractivity contribution >= 4 is 17.8 Å². The van der Waals surface area contributed by atoms with Gasteiger partial charge in [0, 0.05) is 24.5 Å². The summed E-state index contributed by atoms with van der Waals surface area (Å²) in [4.78, 5) is 17.2. The molecule has 1 amide bonds. The number of alkyl halides is 3. The van der Waals surface area contributed by atoms with Crippen LogP contribution >= 0.6 is 0 Å². The van der Waals surface area contributed by atoms with Gasteiger partial charge in [-0.2, -0.15) is 18.3 Å². The molecular weight excluding hydrogens is 385 g/mol. The lowest BCUT2D eigenvalue weighted by atomic mass is 10.0. The summed E-state index contributed by atoms with van der Waals surface area (Å²) in [5, 5.41) is 9.61. The highest BCUT2D eigenvalue weighted by Gasteiger charge is 2.39. The summed E-state index contributed by atoms with van der Waals surface area (Å²) in [7, 11) is 2.77. The molecule has 0 spiro atoms. The SMILES string of the molecule is CO/N=C/c1ccc(-c2ccccc2NC(=O)c2cn(C)nc2C(F)(F)F)cc1. The van der Waals surface area contributed by atoms with Gasteiger partial charge < -0.3 is 10.2 Å². The molecule has 0 fully saturated rings. The molecule has 9 heteroatoms. The van der Waals surface area contributed by atoms with Gasteiger partial charge in [-0.1, -0.05) is 47.6 Å². The summed E-state index contributed by atoms with van der Waals surface area (Å²) in [6, 6.07) is 14.1. The maximum Gasteiger partial charge on any atom is 0.435 e. The van der Waals surface area contributed by atoms with Crippen LogP contribution < -0.4 is 5.32 Å². The van der Waals surface area contributed by atoms with Gasteiger partial charge in [0.25, 0.3) is 5.91 Å². The minimum atomic E-state index is -4.73. The number of benzene rings is 2. The molecule has 0 atom stereocenters. The zero-order valence-electron chi connectivity index (χ0n) is 15.6. The van der Waals surface area contributed by atoms with Gasteiger partial charge in [0.2, 0.25) is 0 Å². The van der Waals surface area contributed by atoms with Crippen molar-refractivity contribution in [1.82, 2.24) is 9.78 Å². The van der Waals surface area contributed by atoms with Crippen LogP contribution in [0.3, 0.4) is 0 Å². The van der Waals surface area contributed by atoms with Crippen LogP contribution in [0.4, 0.5) is 18.9 Å². The number of amides is 1. The van der Waals surface area contributed by atoms with E-state index in [1.54, 1.807) is 42.6 Å². The summed E-state index contributed by atoms with van der Waals surface area (Å²) in [6.07, 6.45) is -2.14. The summed E-state index contributed by atoms with van der Waals surface area (Å²) in [5.74, 6) is -0.887. The number of hydrogen-bond donors (Lipinski definition) is 1. The van der Waals surface area contributed by atoms with Crippen LogP contribution in [0.25, 0.3) is 11.1 Å². The highest BCUT2D eigenvalue weighted by Crippen LogP contribution is 2.32. The third kappa shape index (κ3) is 4.63. The Balaban J connectivity index is 1.91. The molecule has 0 saturated heterocycles. The maximum absolute atomic E-state index is 13.2. The van der Waals surface area contributed by atoms with Crippen LogP contribution in [-0.4, -0.2) is 29.0 Å². The number of carbonyl (C=O) groups is 1. The highest BCUT2D eigenvalue weighted by atomic mass is 19.4. The van der Waals surface area contributed by atoms with Crippen LogP contribution in [0.15, 0.2) is 59.9 Å². The lowest BCUT2D eigenvalue weighted by molar-refractivity contribution is -0.141. The summed E-state index contributed by atoms with van der Waals surface area (Å²) < 4.78 is 40.4. The number of carbonyl (C=O) groups excluding carboxylic acids is 1. The van der Waals surface area contributed by atoms with E-state index in [-0.39, 0.29) is 0 Å². The van der Waals surface area contributed by atoms with Crippen LogP contribution in [0.5, 0.6) is 0 Å². The number of aryl methyl sites for hydroxylation is 1. The number of rotatable bonds is 5. The molecule has 3 rings (SSSR count). The van der Waals surface area contributed by atoms with E-state index in [1.807, 2.05) is 12.1 Å². The Labute approximate surface area is 164 Å². The van der Waals surface area contributed by atoms with Crippen molar-refractivity contribution in [3.8, 4) is 11.1 Å². The Kier molecular flexibility index (Phi) is 5.67. The zero-order chi connectivity index (χ0) is 21.0. The normalized spacial score (nSPS) is 11.6. The van der Waals surface area contributed by atoms with E-state index in [1.165, 1.54) is 14.2 Å². The molecule has 1 heterocycles. The molecular formula is C20H17F3N4O2. The number of halogens is 3. The number of aromatic nitrogens is 2. The van der Waals surface area contributed by atoms with Crippen molar-refractivity contribution in [2.24, 2.45) is 12.2 Å². The van der Waals surface area contributed by atoms with E-state index in [4.69, 9.17) is 0 Å². The molecule has 0 saturated carbocycles. The van der Waals surface area contributed by atoms with Gasteiger partial charge in [0.1, 0.15) is 7.11 Å². The minimum absolute atomic E-state index is 0.382. The third-order valence-electron chi connectivity index (χ3n) is 4.05. The van der Waals surface area contributed by atoms with Gasteiger partial charge in [-0.15, -0.1) is 0 Å². The number of oxime groups is 1. The Morgan fingerprint density at radius 2 is 1.86 bits per heavy atom. The van der Waals surface area contributed by atoms with Crippen molar-refractivity contribution in [2.75, 3.05) is 12.4 Å². The second kappa shape index (κ2) is 8.17. The lowest BCUT2D eigenvalue weighted by Crippen LogP contribution is -2.18. The molecule has 2 aromatic carbocycles. The Bertz CT molecular complexity index is 1040. The van der Waals surface area contributed by atoms with Crippen LogP contribution in [-0.2, 0) is 18.1 Å². The number of hydrogen-bond acceptors (Lipinski definition) is 4. The molecule has 3 aromatic rings.